The van der Waals surface area contributed by atoms with Crippen molar-refractivity contribution in [3.8, 4) is 6.07 Å². The summed E-state index contributed by atoms with van der Waals surface area (Å²) in [5.41, 5.74) is 2.45. The van der Waals surface area contributed by atoms with E-state index < -0.39 is 0 Å². The number of nitriles is 1. The summed E-state index contributed by atoms with van der Waals surface area (Å²) in [4.78, 5) is 8.09. The second-order valence-corrected chi connectivity index (χ2v) is 3.50. The van der Waals surface area contributed by atoms with Crippen LogP contribution >= 0.6 is 0 Å². The van der Waals surface area contributed by atoms with Gasteiger partial charge >= 0.3 is 0 Å². The van der Waals surface area contributed by atoms with E-state index in [4.69, 9.17) is 5.26 Å². The molecule has 1 N–H and O–H groups in total. The normalized spacial score (nSPS) is 9.65. The summed E-state index contributed by atoms with van der Waals surface area (Å²) in [5.74, 6) is 0.496. The Morgan fingerprint density at radius 1 is 1.24 bits per heavy atom. The lowest BCUT2D eigenvalue weighted by molar-refractivity contribution is 1.12. The van der Waals surface area contributed by atoms with Crippen molar-refractivity contribution in [3.05, 3.63) is 47.9 Å². The van der Waals surface area contributed by atoms with Crippen molar-refractivity contribution in [2.75, 3.05) is 5.32 Å². The number of anilines is 2. The highest BCUT2D eigenvalue weighted by Gasteiger charge is 2.06. The standard InChI is InChI=1S/C13H12N4/c1-2-10-5-3-4-6-11(10)17-13-12(9-14)15-7-8-16-13/h3-8H,2H2,1H3,(H,16,17). The molecule has 0 aliphatic carbocycles. The van der Waals surface area contributed by atoms with Gasteiger partial charge in [-0.1, -0.05) is 25.1 Å². The Morgan fingerprint density at radius 2 is 2.00 bits per heavy atom. The minimum atomic E-state index is 0.304. The Labute approximate surface area is 100.0 Å². The van der Waals surface area contributed by atoms with E-state index >= 15 is 0 Å². The molecule has 0 unspecified atom stereocenters. The molecule has 0 bridgehead atoms. The van der Waals surface area contributed by atoms with Gasteiger partial charge in [-0.05, 0) is 18.1 Å². The Hall–Kier alpha value is -2.41. The molecule has 1 aromatic heterocycles. The van der Waals surface area contributed by atoms with E-state index in [0.29, 0.717) is 11.5 Å². The van der Waals surface area contributed by atoms with Gasteiger partial charge in [-0.3, -0.25) is 0 Å². The fraction of sp³-hybridized carbons (Fsp3) is 0.154. The number of benzene rings is 1. The van der Waals surface area contributed by atoms with Crippen LogP contribution in [0.4, 0.5) is 11.5 Å². The van der Waals surface area contributed by atoms with Gasteiger partial charge in [0.05, 0.1) is 0 Å². The lowest BCUT2D eigenvalue weighted by Crippen LogP contribution is -2.00. The first-order valence-electron chi connectivity index (χ1n) is 5.41. The van der Waals surface area contributed by atoms with Gasteiger partial charge in [-0.25, -0.2) is 9.97 Å². The molecule has 0 atom stereocenters. The molecular formula is C13H12N4. The third-order valence-electron chi connectivity index (χ3n) is 2.46. The molecule has 4 nitrogen and oxygen atoms in total. The molecule has 1 heterocycles. The predicted molar refractivity (Wildman–Crippen MR) is 65.8 cm³/mol. The van der Waals surface area contributed by atoms with Crippen molar-refractivity contribution in [2.24, 2.45) is 0 Å². The Morgan fingerprint density at radius 3 is 2.76 bits per heavy atom. The molecule has 4 heteroatoms. The van der Waals surface area contributed by atoms with Crippen LogP contribution in [0, 0.1) is 11.3 Å². The van der Waals surface area contributed by atoms with E-state index in [1.807, 2.05) is 30.3 Å². The van der Waals surface area contributed by atoms with Crippen LogP contribution in [0.3, 0.4) is 0 Å². The van der Waals surface area contributed by atoms with Gasteiger partial charge in [0.25, 0.3) is 0 Å². The van der Waals surface area contributed by atoms with Crippen LogP contribution in [0.15, 0.2) is 36.7 Å². The van der Waals surface area contributed by atoms with Crippen LogP contribution < -0.4 is 5.32 Å². The van der Waals surface area contributed by atoms with Crippen molar-refractivity contribution < 1.29 is 0 Å². The molecule has 0 saturated carbocycles. The van der Waals surface area contributed by atoms with Gasteiger partial charge in [-0.2, -0.15) is 5.26 Å². The molecule has 0 fully saturated rings. The van der Waals surface area contributed by atoms with Crippen LogP contribution in [-0.2, 0) is 6.42 Å². The number of aryl methyl sites for hydroxylation is 1. The van der Waals surface area contributed by atoms with E-state index in [2.05, 4.69) is 22.2 Å². The maximum atomic E-state index is 8.93. The molecule has 0 spiro atoms. The molecule has 0 radical (unpaired) electrons. The minimum Gasteiger partial charge on any atom is -0.338 e. The highest BCUT2D eigenvalue weighted by atomic mass is 15.0. The smallest absolute Gasteiger partial charge is 0.183 e. The Kier molecular flexibility index (Phi) is 3.31. The van der Waals surface area contributed by atoms with E-state index in [1.54, 1.807) is 6.20 Å². The zero-order chi connectivity index (χ0) is 12.1. The number of aromatic nitrogens is 2. The summed E-state index contributed by atoms with van der Waals surface area (Å²) in [6, 6.07) is 9.97. The van der Waals surface area contributed by atoms with Crippen LogP contribution in [0.1, 0.15) is 18.2 Å². The Bertz CT molecular complexity index is 557. The van der Waals surface area contributed by atoms with Gasteiger partial charge < -0.3 is 5.32 Å². The first-order valence-corrected chi connectivity index (χ1v) is 5.41. The van der Waals surface area contributed by atoms with Gasteiger partial charge in [-0.15, -0.1) is 0 Å². The van der Waals surface area contributed by atoms with Crippen molar-refractivity contribution in [1.29, 1.82) is 5.26 Å². The van der Waals surface area contributed by atoms with Gasteiger partial charge in [0.2, 0.25) is 0 Å². The van der Waals surface area contributed by atoms with Crippen molar-refractivity contribution in [2.45, 2.75) is 13.3 Å². The van der Waals surface area contributed by atoms with E-state index in [9.17, 15) is 0 Å². The molecular weight excluding hydrogens is 212 g/mol. The molecule has 2 aromatic rings. The van der Waals surface area contributed by atoms with Crippen molar-refractivity contribution in [1.82, 2.24) is 9.97 Å². The lowest BCUT2D eigenvalue weighted by Gasteiger charge is -2.10. The second kappa shape index (κ2) is 5.08. The fourth-order valence-corrected chi connectivity index (χ4v) is 1.59. The Balaban J connectivity index is 2.35. The molecule has 17 heavy (non-hydrogen) atoms. The van der Waals surface area contributed by atoms with Gasteiger partial charge in [0.1, 0.15) is 6.07 Å². The third kappa shape index (κ3) is 2.40. The number of hydrogen-bond acceptors (Lipinski definition) is 4. The van der Waals surface area contributed by atoms with Crippen LogP contribution in [0.25, 0.3) is 0 Å². The molecule has 2 rings (SSSR count). The van der Waals surface area contributed by atoms with Crippen LogP contribution in [0.2, 0.25) is 0 Å². The number of nitrogens with one attached hydrogen (secondary N) is 1. The summed E-state index contributed by atoms with van der Waals surface area (Å²) < 4.78 is 0. The van der Waals surface area contributed by atoms with E-state index in [0.717, 1.165) is 12.1 Å². The maximum absolute atomic E-state index is 8.93. The van der Waals surface area contributed by atoms with Gasteiger partial charge in [0, 0.05) is 18.1 Å². The fourth-order valence-electron chi connectivity index (χ4n) is 1.59. The topological polar surface area (TPSA) is 61.6 Å². The molecule has 0 aliphatic heterocycles. The third-order valence-corrected chi connectivity index (χ3v) is 2.46. The second-order valence-electron chi connectivity index (χ2n) is 3.50. The first kappa shape index (κ1) is 11.1. The summed E-state index contributed by atoms with van der Waals surface area (Å²) in [7, 11) is 0. The number of hydrogen-bond donors (Lipinski definition) is 1. The molecule has 0 amide bonds. The largest absolute Gasteiger partial charge is 0.338 e. The van der Waals surface area contributed by atoms with Crippen LogP contribution in [0.5, 0.6) is 0 Å². The number of nitrogens with zero attached hydrogens (tertiary/aromatic N) is 3. The zero-order valence-electron chi connectivity index (χ0n) is 9.51. The lowest BCUT2D eigenvalue weighted by atomic mass is 10.1. The molecule has 1 aromatic carbocycles. The summed E-state index contributed by atoms with van der Waals surface area (Å²) in [5, 5.41) is 12.1. The van der Waals surface area contributed by atoms with E-state index in [-0.39, 0.29) is 0 Å². The monoisotopic (exact) mass is 224 g/mol. The SMILES string of the molecule is CCc1ccccc1Nc1nccnc1C#N. The summed E-state index contributed by atoms with van der Waals surface area (Å²) in [6.45, 7) is 2.09. The molecule has 84 valence electrons. The highest BCUT2D eigenvalue weighted by molar-refractivity contribution is 5.63. The maximum Gasteiger partial charge on any atom is 0.183 e. The highest BCUT2D eigenvalue weighted by Crippen LogP contribution is 2.20. The average Bonchev–Trinajstić information content (AvgIpc) is 2.40. The predicted octanol–water partition coefficient (Wildman–Crippen LogP) is 2.65. The molecule has 0 saturated heterocycles. The quantitative estimate of drug-likeness (QED) is 0.870. The average molecular weight is 224 g/mol. The molecule has 0 aliphatic rings. The number of rotatable bonds is 3. The van der Waals surface area contributed by atoms with Crippen molar-refractivity contribution >= 4 is 11.5 Å². The number of para-hydroxylation sites is 1. The van der Waals surface area contributed by atoms with Gasteiger partial charge in [0.15, 0.2) is 11.5 Å². The summed E-state index contributed by atoms with van der Waals surface area (Å²) >= 11 is 0. The first-order chi connectivity index (χ1) is 8.35. The van der Waals surface area contributed by atoms with Crippen molar-refractivity contribution in [3.63, 3.8) is 0 Å². The zero-order valence-corrected chi connectivity index (χ0v) is 9.51. The minimum absolute atomic E-state index is 0.304. The summed E-state index contributed by atoms with van der Waals surface area (Å²) in [6.07, 6.45) is 4.00. The van der Waals surface area contributed by atoms with Crippen LogP contribution in [-0.4, -0.2) is 9.97 Å². The van der Waals surface area contributed by atoms with E-state index in [1.165, 1.54) is 11.8 Å².